The van der Waals surface area contributed by atoms with Crippen LogP contribution < -0.4 is 5.76 Å². The lowest BCUT2D eigenvalue weighted by Crippen LogP contribution is -2.32. The first-order valence-electron chi connectivity index (χ1n) is 11.1. The molecule has 0 bridgehead atoms. The van der Waals surface area contributed by atoms with E-state index in [2.05, 4.69) is 24.3 Å². The fourth-order valence-corrected chi connectivity index (χ4v) is 4.79. The quantitative estimate of drug-likeness (QED) is 0.237. The van der Waals surface area contributed by atoms with Gasteiger partial charge < -0.3 is 9.32 Å². The summed E-state index contributed by atoms with van der Waals surface area (Å²) < 4.78 is 6.59. The molecular weight excluding hydrogens is 454 g/mol. The maximum absolute atomic E-state index is 13.1. The van der Waals surface area contributed by atoms with Gasteiger partial charge in [0.05, 0.1) is 23.1 Å². The largest absolute Gasteiger partial charge is 0.419 e. The molecule has 0 spiro atoms. The van der Waals surface area contributed by atoms with Gasteiger partial charge in [-0.05, 0) is 43.5 Å². The van der Waals surface area contributed by atoms with Crippen LogP contribution in [0.15, 0.2) is 69.9 Å². The molecular formula is C25H25N3O5S. The standard InChI is InChI=1S/C25H25N3O5S/c1-18-9-11-21(34-18)17-26(15-13-19-6-3-2-4-7-19)24(29)8-5-14-27-22-12-10-20(28(31)32)16-23(22)33-25(27)30/h2-4,6-7,9-12,16H,5,8,13-15,17H2,1H3. The summed E-state index contributed by atoms with van der Waals surface area (Å²) in [5.74, 6) is -0.559. The van der Waals surface area contributed by atoms with Gasteiger partial charge in [-0.2, -0.15) is 0 Å². The van der Waals surface area contributed by atoms with Crippen LogP contribution in [-0.4, -0.2) is 26.8 Å². The third-order valence-electron chi connectivity index (χ3n) is 5.64. The molecule has 0 N–H and O–H groups in total. The molecule has 0 aliphatic carbocycles. The Morgan fingerprint density at radius 3 is 2.65 bits per heavy atom. The van der Waals surface area contributed by atoms with Gasteiger partial charge in [-0.15, -0.1) is 11.3 Å². The molecule has 176 valence electrons. The van der Waals surface area contributed by atoms with Gasteiger partial charge in [0.25, 0.3) is 5.69 Å². The topological polar surface area (TPSA) is 98.6 Å². The van der Waals surface area contributed by atoms with Crippen LogP contribution in [0.2, 0.25) is 0 Å². The fraction of sp³-hybridized carbons (Fsp3) is 0.280. The Labute approximate surface area is 200 Å². The molecule has 0 aliphatic heterocycles. The van der Waals surface area contributed by atoms with Crippen molar-refractivity contribution >= 4 is 34.0 Å². The van der Waals surface area contributed by atoms with Gasteiger partial charge >= 0.3 is 5.76 Å². The lowest BCUT2D eigenvalue weighted by molar-refractivity contribution is -0.384. The Morgan fingerprint density at radius 2 is 1.94 bits per heavy atom. The van der Waals surface area contributed by atoms with Gasteiger partial charge in [-0.3, -0.25) is 19.5 Å². The number of oxazole rings is 1. The number of hydrogen-bond acceptors (Lipinski definition) is 6. The van der Waals surface area contributed by atoms with Crippen LogP contribution in [0.4, 0.5) is 5.69 Å². The van der Waals surface area contributed by atoms with E-state index >= 15 is 0 Å². The Balaban J connectivity index is 1.42. The number of hydrogen-bond donors (Lipinski definition) is 0. The van der Waals surface area contributed by atoms with E-state index in [1.54, 1.807) is 11.3 Å². The van der Waals surface area contributed by atoms with E-state index in [0.29, 0.717) is 31.6 Å². The van der Waals surface area contributed by atoms with Crippen molar-refractivity contribution in [3.05, 3.63) is 96.6 Å². The van der Waals surface area contributed by atoms with Crippen LogP contribution in [0.3, 0.4) is 0 Å². The first-order chi connectivity index (χ1) is 16.4. The van der Waals surface area contributed by atoms with Crippen molar-refractivity contribution in [3.63, 3.8) is 0 Å². The van der Waals surface area contributed by atoms with Crippen LogP contribution in [0.1, 0.15) is 28.2 Å². The average Bonchev–Trinajstić information content (AvgIpc) is 3.38. The molecule has 0 radical (unpaired) electrons. The van der Waals surface area contributed by atoms with Gasteiger partial charge in [0.1, 0.15) is 0 Å². The van der Waals surface area contributed by atoms with Crippen LogP contribution in [0, 0.1) is 17.0 Å². The van der Waals surface area contributed by atoms with Crippen molar-refractivity contribution in [3.8, 4) is 0 Å². The van der Waals surface area contributed by atoms with E-state index in [9.17, 15) is 19.7 Å². The minimum absolute atomic E-state index is 0.0264. The van der Waals surface area contributed by atoms with Crippen molar-refractivity contribution in [2.75, 3.05) is 6.54 Å². The molecule has 2 aromatic heterocycles. The van der Waals surface area contributed by atoms with Crippen LogP contribution in [-0.2, 0) is 24.3 Å². The number of aromatic nitrogens is 1. The Bertz CT molecular complexity index is 1360. The zero-order chi connectivity index (χ0) is 24.1. The highest BCUT2D eigenvalue weighted by Crippen LogP contribution is 2.21. The predicted octanol–water partition coefficient (Wildman–Crippen LogP) is 4.92. The summed E-state index contributed by atoms with van der Waals surface area (Å²) in [6.07, 6.45) is 1.50. The number of amides is 1. The number of benzene rings is 2. The normalized spacial score (nSPS) is 11.1. The van der Waals surface area contributed by atoms with E-state index in [-0.39, 0.29) is 23.6 Å². The van der Waals surface area contributed by atoms with Crippen molar-refractivity contribution in [2.24, 2.45) is 0 Å². The molecule has 9 heteroatoms. The number of aryl methyl sites for hydroxylation is 2. The lowest BCUT2D eigenvalue weighted by Gasteiger charge is -2.22. The molecule has 2 heterocycles. The van der Waals surface area contributed by atoms with Crippen molar-refractivity contribution < 1.29 is 14.1 Å². The number of nitro groups is 1. The second-order valence-corrected chi connectivity index (χ2v) is 9.47. The number of carbonyl (C=O) groups excluding carboxylic acids is 1. The summed E-state index contributed by atoms with van der Waals surface area (Å²) in [7, 11) is 0. The van der Waals surface area contributed by atoms with E-state index < -0.39 is 10.7 Å². The molecule has 34 heavy (non-hydrogen) atoms. The molecule has 0 saturated carbocycles. The number of non-ortho nitro benzene ring substituents is 1. The van der Waals surface area contributed by atoms with Crippen LogP contribution in [0.5, 0.6) is 0 Å². The van der Waals surface area contributed by atoms with Gasteiger partial charge in [0, 0.05) is 35.3 Å². The maximum atomic E-state index is 13.1. The van der Waals surface area contributed by atoms with Crippen LogP contribution in [0.25, 0.3) is 11.1 Å². The molecule has 0 atom stereocenters. The Kier molecular flexibility index (Phi) is 7.22. The first kappa shape index (κ1) is 23.4. The van der Waals surface area contributed by atoms with E-state index in [4.69, 9.17) is 4.42 Å². The molecule has 1 amide bonds. The Hall–Kier alpha value is -3.72. The second kappa shape index (κ2) is 10.5. The highest BCUT2D eigenvalue weighted by Gasteiger charge is 2.17. The van der Waals surface area contributed by atoms with Crippen molar-refractivity contribution in [2.45, 2.75) is 39.3 Å². The molecule has 8 nitrogen and oxygen atoms in total. The summed E-state index contributed by atoms with van der Waals surface area (Å²) in [6.45, 7) is 3.51. The second-order valence-electron chi connectivity index (χ2n) is 8.10. The molecule has 4 aromatic rings. The SMILES string of the molecule is Cc1ccc(CN(CCc2ccccc2)C(=O)CCCn2c(=O)oc3cc([N+](=O)[O-])ccc32)s1. The van der Waals surface area contributed by atoms with Gasteiger partial charge in [-0.25, -0.2) is 4.79 Å². The highest BCUT2D eigenvalue weighted by atomic mass is 32.1. The minimum atomic E-state index is -0.585. The summed E-state index contributed by atoms with van der Waals surface area (Å²) in [4.78, 5) is 40.0. The lowest BCUT2D eigenvalue weighted by atomic mass is 10.1. The fourth-order valence-electron chi connectivity index (χ4n) is 3.89. The molecule has 0 saturated heterocycles. The number of nitrogens with zero attached hydrogens (tertiary/aromatic N) is 3. The molecule has 4 rings (SSSR count). The number of fused-ring (bicyclic) bond motifs is 1. The maximum Gasteiger partial charge on any atom is 0.419 e. The number of nitro benzene ring substituents is 1. The Morgan fingerprint density at radius 1 is 1.15 bits per heavy atom. The molecule has 0 fully saturated rings. The summed E-state index contributed by atoms with van der Waals surface area (Å²) >= 11 is 1.68. The number of rotatable bonds is 10. The average molecular weight is 480 g/mol. The first-order valence-corrected chi connectivity index (χ1v) is 11.9. The molecule has 0 unspecified atom stereocenters. The minimum Gasteiger partial charge on any atom is -0.407 e. The van der Waals surface area contributed by atoms with Gasteiger partial charge in [0.15, 0.2) is 5.58 Å². The van der Waals surface area contributed by atoms with Crippen molar-refractivity contribution in [1.82, 2.24) is 9.47 Å². The third kappa shape index (κ3) is 5.60. The smallest absolute Gasteiger partial charge is 0.407 e. The van der Waals surface area contributed by atoms with Crippen LogP contribution >= 0.6 is 11.3 Å². The number of carbonyl (C=O) groups is 1. The molecule has 0 aliphatic rings. The zero-order valence-electron chi connectivity index (χ0n) is 18.8. The van der Waals surface area contributed by atoms with Gasteiger partial charge in [0.2, 0.25) is 5.91 Å². The summed E-state index contributed by atoms with van der Waals surface area (Å²) in [6, 6.07) is 18.3. The summed E-state index contributed by atoms with van der Waals surface area (Å²) in [5.41, 5.74) is 1.69. The van der Waals surface area contributed by atoms with Gasteiger partial charge in [-0.1, -0.05) is 30.3 Å². The van der Waals surface area contributed by atoms with Crippen molar-refractivity contribution in [1.29, 1.82) is 0 Å². The predicted molar refractivity (Wildman–Crippen MR) is 131 cm³/mol. The monoisotopic (exact) mass is 479 g/mol. The molecule has 2 aromatic carbocycles. The number of thiophene rings is 1. The van der Waals surface area contributed by atoms with E-state index in [1.165, 1.54) is 33.2 Å². The van der Waals surface area contributed by atoms with E-state index in [0.717, 1.165) is 11.3 Å². The highest BCUT2D eigenvalue weighted by molar-refractivity contribution is 7.11. The summed E-state index contributed by atoms with van der Waals surface area (Å²) in [5, 5.41) is 11.0. The zero-order valence-corrected chi connectivity index (χ0v) is 19.6. The van der Waals surface area contributed by atoms with E-state index in [1.807, 2.05) is 30.0 Å². The third-order valence-corrected chi connectivity index (χ3v) is 6.63.